The van der Waals surface area contributed by atoms with E-state index in [9.17, 15) is 22.8 Å². The van der Waals surface area contributed by atoms with E-state index in [1.165, 1.54) is 4.90 Å². The molecule has 0 aromatic carbocycles. The third kappa shape index (κ3) is 3.77. The van der Waals surface area contributed by atoms with Gasteiger partial charge >= 0.3 is 12.0 Å². The summed E-state index contributed by atoms with van der Waals surface area (Å²) >= 11 is 0. The van der Waals surface area contributed by atoms with Crippen molar-refractivity contribution >= 4 is 17.8 Å². The Morgan fingerprint density at radius 1 is 1.36 bits per heavy atom. The topological polar surface area (TPSA) is 97.6 Å². The molecule has 3 N–H and O–H groups in total. The average Bonchev–Trinajstić information content (AvgIpc) is 2.45. The Morgan fingerprint density at radius 3 is 2.55 bits per heavy atom. The van der Waals surface area contributed by atoms with Gasteiger partial charge in [0.2, 0.25) is 0 Å². The molecule has 1 fully saturated rings. The molecule has 1 aliphatic heterocycles. The molecule has 22 heavy (non-hydrogen) atoms. The van der Waals surface area contributed by atoms with Gasteiger partial charge in [-0.1, -0.05) is 0 Å². The monoisotopic (exact) mass is 318 g/mol. The summed E-state index contributed by atoms with van der Waals surface area (Å²) < 4.78 is 40.1. The molecule has 7 nitrogen and oxygen atoms in total. The molecule has 1 aliphatic rings. The molecule has 2 heterocycles. The second-order valence-corrected chi connectivity index (χ2v) is 4.73. The van der Waals surface area contributed by atoms with E-state index in [4.69, 9.17) is 5.73 Å². The fraction of sp³-hybridized carbons (Fsp3) is 0.417. The SMILES string of the molecule is NC(=O)NOC(=O)c1cnc(N2CCC(F)(F)CC2)c(F)c1. The van der Waals surface area contributed by atoms with Crippen LogP contribution in [0.15, 0.2) is 12.3 Å². The molecule has 0 aliphatic carbocycles. The minimum atomic E-state index is -2.75. The number of piperidine rings is 1. The lowest BCUT2D eigenvalue weighted by Gasteiger charge is -2.32. The molecule has 1 aromatic rings. The van der Waals surface area contributed by atoms with Gasteiger partial charge in [0.25, 0.3) is 5.92 Å². The van der Waals surface area contributed by atoms with Crippen LogP contribution in [-0.2, 0) is 4.84 Å². The quantitative estimate of drug-likeness (QED) is 0.799. The molecule has 0 radical (unpaired) electrons. The van der Waals surface area contributed by atoms with Crippen LogP contribution in [0.25, 0.3) is 0 Å². The van der Waals surface area contributed by atoms with Crippen LogP contribution in [0.5, 0.6) is 0 Å². The van der Waals surface area contributed by atoms with Crippen molar-refractivity contribution in [2.75, 3.05) is 18.0 Å². The highest BCUT2D eigenvalue weighted by Crippen LogP contribution is 2.30. The van der Waals surface area contributed by atoms with E-state index < -0.39 is 23.7 Å². The van der Waals surface area contributed by atoms with Crippen molar-refractivity contribution in [1.29, 1.82) is 0 Å². The Morgan fingerprint density at radius 2 is 2.00 bits per heavy atom. The molecule has 0 atom stereocenters. The summed E-state index contributed by atoms with van der Waals surface area (Å²) in [6.07, 6.45) is 0.247. The van der Waals surface area contributed by atoms with Crippen molar-refractivity contribution in [3.05, 3.63) is 23.6 Å². The second kappa shape index (κ2) is 6.08. The van der Waals surface area contributed by atoms with Crippen LogP contribution in [0, 0.1) is 5.82 Å². The Labute approximate surface area is 123 Å². The van der Waals surface area contributed by atoms with Crippen LogP contribution in [0.2, 0.25) is 0 Å². The fourth-order valence-corrected chi connectivity index (χ4v) is 1.98. The predicted octanol–water partition coefficient (Wildman–Crippen LogP) is 1.20. The van der Waals surface area contributed by atoms with Gasteiger partial charge in [-0.05, 0) is 6.07 Å². The number of aromatic nitrogens is 1. The first-order chi connectivity index (χ1) is 10.3. The van der Waals surface area contributed by atoms with Crippen molar-refractivity contribution in [2.24, 2.45) is 5.73 Å². The molecule has 0 unspecified atom stereocenters. The minimum absolute atomic E-state index is 0.0378. The normalized spacial score (nSPS) is 17.0. The maximum absolute atomic E-state index is 14.0. The smallest absolute Gasteiger partial charge is 0.354 e. The summed E-state index contributed by atoms with van der Waals surface area (Å²) in [7, 11) is 0. The molecule has 120 valence electrons. The number of urea groups is 1. The highest BCUT2D eigenvalue weighted by atomic mass is 19.3. The molecule has 2 rings (SSSR count). The third-order valence-corrected chi connectivity index (χ3v) is 3.10. The highest BCUT2D eigenvalue weighted by Gasteiger charge is 2.35. The van der Waals surface area contributed by atoms with Gasteiger partial charge in [0, 0.05) is 32.1 Å². The molecule has 10 heteroatoms. The first kappa shape index (κ1) is 15.9. The van der Waals surface area contributed by atoms with E-state index in [-0.39, 0.29) is 37.3 Å². The summed E-state index contributed by atoms with van der Waals surface area (Å²) in [6.45, 7) is -0.0755. The maximum atomic E-state index is 14.0. The lowest BCUT2D eigenvalue weighted by Crippen LogP contribution is -2.40. The first-order valence-corrected chi connectivity index (χ1v) is 6.33. The van der Waals surface area contributed by atoms with Gasteiger partial charge in [-0.3, -0.25) is 0 Å². The van der Waals surface area contributed by atoms with Gasteiger partial charge in [-0.25, -0.2) is 27.7 Å². The largest absolute Gasteiger partial charge is 0.364 e. The van der Waals surface area contributed by atoms with Gasteiger partial charge in [-0.2, -0.15) is 5.48 Å². The number of hydroxylamine groups is 1. The van der Waals surface area contributed by atoms with Crippen molar-refractivity contribution in [3.8, 4) is 0 Å². The van der Waals surface area contributed by atoms with Gasteiger partial charge in [0.05, 0.1) is 5.56 Å². The molecular formula is C12H13F3N4O3. The van der Waals surface area contributed by atoms with E-state index in [2.05, 4.69) is 9.82 Å². The molecule has 0 spiro atoms. The van der Waals surface area contributed by atoms with Gasteiger partial charge in [-0.15, -0.1) is 0 Å². The van der Waals surface area contributed by atoms with Crippen LogP contribution < -0.4 is 16.1 Å². The van der Waals surface area contributed by atoms with Gasteiger partial charge < -0.3 is 15.5 Å². The minimum Gasteiger partial charge on any atom is -0.354 e. The number of anilines is 1. The summed E-state index contributed by atoms with van der Waals surface area (Å²) in [5.41, 5.74) is 6.05. The number of nitrogens with two attached hydrogens (primary N) is 1. The van der Waals surface area contributed by atoms with Crippen LogP contribution in [-0.4, -0.2) is 36.0 Å². The Balaban J connectivity index is 2.07. The van der Waals surface area contributed by atoms with Crippen molar-refractivity contribution < 1.29 is 27.6 Å². The number of amides is 2. The van der Waals surface area contributed by atoms with E-state index in [1.54, 1.807) is 5.48 Å². The number of carbonyl (C=O) groups is 2. The zero-order valence-electron chi connectivity index (χ0n) is 11.3. The molecule has 1 saturated heterocycles. The van der Waals surface area contributed by atoms with E-state index in [0.717, 1.165) is 12.3 Å². The number of alkyl halides is 2. The number of halogens is 3. The number of hydrogen-bond donors (Lipinski definition) is 2. The van der Waals surface area contributed by atoms with Crippen LogP contribution in [0.3, 0.4) is 0 Å². The summed E-state index contributed by atoms with van der Waals surface area (Å²) in [4.78, 5) is 31.3. The number of hydrogen-bond acceptors (Lipinski definition) is 5. The van der Waals surface area contributed by atoms with Crippen molar-refractivity contribution in [3.63, 3.8) is 0 Å². The van der Waals surface area contributed by atoms with Crippen molar-refractivity contribution in [2.45, 2.75) is 18.8 Å². The van der Waals surface area contributed by atoms with E-state index in [1.807, 2.05) is 0 Å². The lowest BCUT2D eigenvalue weighted by atomic mass is 10.1. The molecule has 0 bridgehead atoms. The van der Waals surface area contributed by atoms with Crippen LogP contribution in [0.4, 0.5) is 23.8 Å². The number of primary amides is 1. The highest BCUT2D eigenvalue weighted by molar-refractivity contribution is 5.90. The number of carbonyl (C=O) groups excluding carboxylic acids is 2. The van der Waals surface area contributed by atoms with Crippen LogP contribution in [0.1, 0.15) is 23.2 Å². The third-order valence-electron chi connectivity index (χ3n) is 3.10. The Kier molecular flexibility index (Phi) is 4.38. The number of nitrogens with zero attached hydrogens (tertiary/aromatic N) is 2. The zero-order chi connectivity index (χ0) is 16.3. The Hall–Kier alpha value is -2.52. The first-order valence-electron chi connectivity index (χ1n) is 6.33. The summed E-state index contributed by atoms with van der Waals surface area (Å²) in [6, 6.07) is -0.243. The standard InChI is InChI=1S/C12H13F3N4O3/c13-8-5-7(10(20)22-18-11(16)21)6-17-9(8)19-3-1-12(14,15)2-4-19/h5-6H,1-4H2,(H3,16,18,21). The number of rotatable bonds is 2. The van der Waals surface area contributed by atoms with Crippen molar-refractivity contribution in [1.82, 2.24) is 10.5 Å². The summed E-state index contributed by atoms with van der Waals surface area (Å²) in [5, 5.41) is 0. The lowest BCUT2D eigenvalue weighted by molar-refractivity contribution is -0.0222. The van der Waals surface area contributed by atoms with E-state index >= 15 is 0 Å². The van der Waals surface area contributed by atoms with Crippen LogP contribution >= 0.6 is 0 Å². The number of nitrogens with one attached hydrogen (secondary N) is 1. The molecule has 2 amide bonds. The van der Waals surface area contributed by atoms with Gasteiger partial charge in [0.15, 0.2) is 11.6 Å². The maximum Gasteiger partial charge on any atom is 0.364 e. The van der Waals surface area contributed by atoms with E-state index in [0.29, 0.717) is 0 Å². The molecule has 0 saturated carbocycles. The predicted molar refractivity (Wildman–Crippen MR) is 68.7 cm³/mol. The average molecular weight is 318 g/mol. The summed E-state index contributed by atoms with van der Waals surface area (Å²) in [5.74, 6) is -4.77. The number of pyridine rings is 1. The van der Waals surface area contributed by atoms with Gasteiger partial charge in [0.1, 0.15) is 0 Å². The second-order valence-electron chi connectivity index (χ2n) is 4.73. The molecular weight excluding hydrogens is 305 g/mol. The fourth-order valence-electron chi connectivity index (χ4n) is 1.98. The Bertz CT molecular complexity index is 587. The molecule has 1 aromatic heterocycles. The zero-order valence-corrected chi connectivity index (χ0v) is 11.3.